The summed E-state index contributed by atoms with van der Waals surface area (Å²) in [6.07, 6.45) is 0. The standard InChI is InChI=1S/C2H7O3P.Na/c1-5-6(2,3)4;/h1-2H3,(H,3,4);/q;+1/p-1. The van der Waals surface area contributed by atoms with Crippen molar-refractivity contribution in [2.45, 2.75) is 0 Å². The first-order chi connectivity index (χ1) is 2.56. The van der Waals surface area contributed by atoms with Gasteiger partial charge in [0.1, 0.15) is 7.60 Å². The summed E-state index contributed by atoms with van der Waals surface area (Å²) in [4.78, 5) is 9.81. The van der Waals surface area contributed by atoms with Crippen LogP contribution in [0.2, 0.25) is 0 Å². The maximum atomic E-state index is 9.81. The van der Waals surface area contributed by atoms with E-state index in [9.17, 15) is 9.46 Å². The molecule has 0 aromatic carbocycles. The van der Waals surface area contributed by atoms with Crippen LogP contribution in [0, 0.1) is 0 Å². The van der Waals surface area contributed by atoms with Crippen molar-refractivity contribution in [2.24, 2.45) is 0 Å². The Morgan fingerprint density at radius 3 is 1.86 bits per heavy atom. The van der Waals surface area contributed by atoms with E-state index in [4.69, 9.17) is 0 Å². The van der Waals surface area contributed by atoms with Crippen molar-refractivity contribution in [3.05, 3.63) is 0 Å². The predicted octanol–water partition coefficient (Wildman–Crippen LogP) is -3.18. The maximum absolute atomic E-state index is 9.81. The van der Waals surface area contributed by atoms with Crippen LogP contribution in [0.3, 0.4) is 0 Å². The second kappa shape index (κ2) is 4.07. The first-order valence-corrected chi connectivity index (χ1v) is 3.39. The van der Waals surface area contributed by atoms with Crippen molar-refractivity contribution in [3.63, 3.8) is 0 Å². The zero-order chi connectivity index (χ0) is 5.21. The van der Waals surface area contributed by atoms with Gasteiger partial charge in [-0.05, 0) is 0 Å². The van der Waals surface area contributed by atoms with E-state index >= 15 is 0 Å². The summed E-state index contributed by atoms with van der Waals surface area (Å²) in [6, 6.07) is 0. The predicted molar refractivity (Wildman–Crippen MR) is 20.5 cm³/mol. The average molecular weight is 132 g/mol. The molecule has 3 nitrogen and oxygen atoms in total. The van der Waals surface area contributed by atoms with Crippen LogP contribution in [0.5, 0.6) is 0 Å². The molecule has 0 aromatic rings. The third-order valence-corrected chi connectivity index (χ3v) is 0.995. The van der Waals surface area contributed by atoms with Crippen LogP contribution in [-0.2, 0) is 9.09 Å². The molecule has 38 valence electrons. The first-order valence-electron chi connectivity index (χ1n) is 1.40. The molecular formula is C2H6NaO3P. The molecule has 0 aliphatic heterocycles. The van der Waals surface area contributed by atoms with Gasteiger partial charge in [-0.3, -0.25) is 0 Å². The molecule has 1 unspecified atom stereocenters. The molecule has 0 aromatic heterocycles. The zero-order valence-electron chi connectivity index (χ0n) is 4.67. The fourth-order valence-corrected chi connectivity index (χ4v) is 0. The van der Waals surface area contributed by atoms with Gasteiger partial charge in [-0.15, -0.1) is 0 Å². The largest absolute Gasteiger partial charge is 1.00 e. The van der Waals surface area contributed by atoms with Gasteiger partial charge in [0.05, 0.1) is 0 Å². The maximum Gasteiger partial charge on any atom is 1.00 e. The molecule has 0 aliphatic rings. The first kappa shape index (κ1) is 11.0. The molecule has 0 rings (SSSR count). The van der Waals surface area contributed by atoms with E-state index in [-0.39, 0.29) is 29.6 Å². The van der Waals surface area contributed by atoms with Crippen molar-refractivity contribution >= 4 is 7.60 Å². The molecule has 7 heavy (non-hydrogen) atoms. The summed E-state index contributed by atoms with van der Waals surface area (Å²) >= 11 is 0. The molecular weight excluding hydrogens is 126 g/mol. The molecule has 0 heterocycles. The molecule has 0 radical (unpaired) electrons. The molecule has 0 fully saturated rings. The van der Waals surface area contributed by atoms with Crippen molar-refractivity contribution in [2.75, 3.05) is 13.8 Å². The van der Waals surface area contributed by atoms with Crippen LogP contribution in [0.1, 0.15) is 0 Å². The van der Waals surface area contributed by atoms with Crippen LogP contribution >= 0.6 is 7.60 Å². The number of hydrogen-bond acceptors (Lipinski definition) is 3. The monoisotopic (exact) mass is 132 g/mol. The average Bonchev–Trinajstić information content (AvgIpc) is 1.35. The van der Waals surface area contributed by atoms with Crippen LogP contribution in [0.4, 0.5) is 0 Å². The van der Waals surface area contributed by atoms with Crippen LogP contribution in [0.15, 0.2) is 0 Å². The smallest absolute Gasteiger partial charge is 0.779 e. The number of hydrogen-bond donors (Lipinski definition) is 0. The fraction of sp³-hybridized carbons (Fsp3) is 1.00. The molecule has 0 aliphatic carbocycles. The van der Waals surface area contributed by atoms with Gasteiger partial charge in [-0.1, -0.05) is 0 Å². The molecule has 0 saturated heterocycles. The summed E-state index contributed by atoms with van der Waals surface area (Å²) in [5, 5.41) is 0. The van der Waals surface area contributed by atoms with Crippen LogP contribution in [-0.4, -0.2) is 13.8 Å². The minimum Gasteiger partial charge on any atom is -0.779 e. The van der Waals surface area contributed by atoms with Crippen molar-refractivity contribution in [1.82, 2.24) is 0 Å². The Labute approximate surface area is 64.9 Å². The second-order valence-corrected chi connectivity index (χ2v) is 2.86. The number of rotatable bonds is 1. The Morgan fingerprint density at radius 2 is 1.86 bits per heavy atom. The summed E-state index contributed by atoms with van der Waals surface area (Å²) in [7, 11) is -2.26. The summed E-state index contributed by atoms with van der Waals surface area (Å²) in [5.41, 5.74) is 0. The summed E-state index contributed by atoms with van der Waals surface area (Å²) in [6.45, 7) is 1.02. The van der Waals surface area contributed by atoms with Crippen molar-refractivity contribution < 1.29 is 43.5 Å². The summed E-state index contributed by atoms with van der Waals surface area (Å²) < 4.78 is 13.7. The Bertz CT molecular complexity index is 77.0. The minimum absolute atomic E-state index is 0. The van der Waals surface area contributed by atoms with E-state index in [1.807, 2.05) is 0 Å². The van der Waals surface area contributed by atoms with E-state index < -0.39 is 7.60 Å². The van der Waals surface area contributed by atoms with Crippen molar-refractivity contribution in [1.29, 1.82) is 0 Å². The molecule has 0 amide bonds. The molecule has 1 atom stereocenters. The van der Waals surface area contributed by atoms with E-state index in [0.29, 0.717) is 0 Å². The van der Waals surface area contributed by atoms with Gasteiger partial charge in [-0.25, -0.2) is 0 Å². The zero-order valence-corrected chi connectivity index (χ0v) is 7.57. The fourth-order valence-electron chi connectivity index (χ4n) is 0. The SMILES string of the molecule is COP(C)(=O)[O-].[Na+]. The Hall–Kier alpha value is 1.15. The van der Waals surface area contributed by atoms with Crippen LogP contribution in [0.25, 0.3) is 0 Å². The van der Waals surface area contributed by atoms with Gasteiger partial charge in [-0.2, -0.15) is 0 Å². The van der Waals surface area contributed by atoms with Gasteiger partial charge in [0.25, 0.3) is 0 Å². The topological polar surface area (TPSA) is 49.4 Å². The Kier molecular flexibility index (Phi) is 6.41. The van der Waals surface area contributed by atoms with E-state index in [1.54, 1.807) is 0 Å². The molecule has 0 spiro atoms. The molecule has 0 bridgehead atoms. The van der Waals surface area contributed by atoms with Gasteiger partial charge in [0, 0.05) is 13.8 Å². The van der Waals surface area contributed by atoms with Gasteiger partial charge in [0.2, 0.25) is 0 Å². The summed E-state index contributed by atoms with van der Waals surface area (Å²) in [5.74, 6) is 0. The quantitative estimate of drug-likeness (QED) is 0.279. The third kappa shape index (κ3) is 11.0. The molecule has 0 N–H and O–H groups in total. The molecule has 5 heteroatoms. The van der Waals surface area contributed by atoms with Gasteiger partial charge >= 0.3 is 29.6 Å². The van der Waals surface area contributed by atoms with E-state index in [2.05, 4.69) is 4.52 Å². The van der Waals surface area contributed by atoms with Gasteiger partial charge in [0.15, 0.2) is 0 Å². The van der Waals surface area contributed by atoms with Gasteiger partial charge < -0.3 is 14.0 Å². The van der Waals surface area contributed by atoms with Crippen LogP contribution < -0.4 is 34.5 Å². The Balaban J connectivity index is 0. The Morgan fingerprint density at radius 1 is 1.71 bits per heavy atom. The normalized spacial score (nSPS) is 17.0. The minimum atomic E-state index is -3.40. The van der Waals surface area contributed by atoms with E-state index in [1.165, 1.54) is 0 Å². The second-order valence-electron chi connectivity index (χ2n) is 0.954. The van der Waals surface area contributed by atoms with E-state index in [0.717, 1.165) is 13.8 Å². The molecule has 0 saturated carbocycles. The third-order valence-electron chi connectivity index (χ3n) is 0.332. The van der Waals surface area contributed by atoms with Crippen molar-refractivity contribution in [3.8, 4) is 0 Å².